The van der Waals surface area contributed by atoms with Gasteiger partial charge in [-0.25, -0.2) is 13.6 Å². The van der Waals surface area contributed by atoms with Crippen molar-refractivity contribution in [3.8, 4) is 0 Å². The summed E-state index contributed by atoms with van der Waals surface area (Å²) < 4.78 is 30.0. The van der Waals surface area contributed by atoms with E-state index in [0.29, 0.717) is 0 Å². The van der Waals surface area contributed by atoms with E-state index in [9.17, 15) is 18.4 Å². The third-order valence-electron chi connectivity index (χ3n) is 2.02. The number of pyridine rings is 1. The first-order valence-electron chi connectivity index (χ1n) is 4.78. The number of nitrogens with one attached hydrogen (secondary N) is 1. The summed E-state index contributed by atoms with van der Waals surface area (Å²) in [6.07, 6.45) is -2.77. The highest BCUT2D eigenvalue weighted by Gasteiger charge is 2.20. The molecule has 0 saturated heterocycles. The summed E-state index contributed by atoms with van der Waals surface area (Å²) in [5.74, 6) is -0.906. The van der Waals surface area contributed by atoms with E-state index in [1.807, 2.05) is 0 Å². The van der Waals surface area contributed by atoms with E-state index < -0.39 is 23.5 Å². The lowest BCUT2D eigenvalue weighted by atomic mass is 10.1. The smallest absolute Gasteiger partial charge is 0.343 e. The van der Waals surface area contributed by atoms with Crippen molar-refractivity contribution in [3.05, 3.63) is 33.2 Å². The van der Waals surface area contributed by atoms with Crippen LogP contribution in [0.25, 0.3) is 0 Å². The highest BCUT2D eigenvalue weighted by molar-refractivity contribution is 9.08. The molecular weight excluding hydrogens is 300 g/mol. The summed E-state index contributed by atoms with van der Waals surface area (Å²) in [6, 6.07) is 0.873. The molecule has 17 heavy (non-hydrogen) atoms. The van der Waals surface area contributed by atoms with Gasteiger partial charge in [-0.15, -0.1) is 0 Å². The largest absolute Gasteiger partial charge is 0.462 e. The number of aromatic nitrogens is 1. The van der Waals surface area contributed by atoms with Gasteiger partial charge in [0.15, 0.2) is 0 Å². The first kappa shape index (κ1) is 13.8. The van der Waals surface area contributed by atoms with Crippen LogP contribution >= 0.6 is 15.9 Å². The van der Waals surface area contributed by atoms with Crippen molar-refractivity contribution >= 4 is 21.9 Å². The van der Waals surface area contributed by atoms with E-state index in [1.54, 1.807) is 6.92 Å². The number of hydrogen-bond donors (Lipinski definition) is 1. The Morgan fingerprint density at radius 2 is 2.24 bits per heavy atom. The van der Waals surface area contributed by atoms with Crippen LogP contribution in [0.1, 0.15) is 35.0 Å². The Hall–Kier alpha value is -1.24. The summed E-state index contributed by atoms with van der Waals surface area (Å²) >= 11 is 2.98. The minimum absolute atomic E-state index is 0.0537. The van der Waals surface area contributed by atoms with Crippen molar-refractivity contribution in [2.45, 2.75) is 18.7 Å². The molecule has 0 aromatic carbocycles. The number of carbonyl (C=O) groups excluding carboxylic acids is 1. The third-order valence-corrected chi connectivity index (χ3v) is 2.58. The molecule has 0 bridgehead atoms. The summed E-state index contributed by atoms with van der Waals surface area (Å²) in [7, 11) is 0. The number of hydrogen-bond acceptors (Lipinski definition) is 3. The number of H-pyrrole nitrogens is 1. The number of esters is 1. The van der Waals surface area contributed by atoms with Gasteiger partial charge in [0.25, 0.3) is 12.0 Å². The predicted molar refractivity (Wildman–Crippen MR) is 60.6 cm³/mol. The third kappa shape index (κ3) is 3.12. The molecule has 0 spiro atoms. The lowest BCUT2D eigenvalue weighted by molar-refractivity contribution is 0.0523. The van der Waals surface area contributed by atoms with Gasteiger partial charge in [0.05, 0.1) is 6.61 Å². The molecule has 0 atom stereocenters. The first-order valence-corrected chi connectivity index (χ1v) is 5.90. The van der Waals surface area contributed by atoms with Crippen molar-refractivity contribution in [3.63, 3.8) is 0 Å². The van der Waals surface area contributed by atoms with Gasteiger partial charge in [-0.1, -0.05) is 15.9 Å². The van der Waals surface area contributed by atoms with Crippen molar-refractivity contribution in [1.29, 1.82) is 0 Å². The number of halogens is 3. The Bertz CT molecular complexity index is 473. The van der Waals surface area contributed by atoms with Gasteiger partial charge in [-0.3, -0.25) is 4.79 Å². The number of rotatable bonds is 4. The number of ether oxygens (including phenoxy) is 1. The zero-order valence-corrected chi connectivity index (χ0v) is 10.5. The Labute approximate surface area is 104 Å². The molecule has 0 fully saturated rings. The van der Waals surface area contributed by atoms with E-state index in [0.717, 1.165) is 6.07 Å². The minimum Gasteiger partial charge on any atom is -0.462 e. The zero-order chi connectivity index (χ0) is 13.0. The minimum atomic E-state index is -2.77. The van der Waals surface area contributed by atoms with Crippen LogP contribution in [-0.4, -0.2) is 17.6 Å². The molecule has 0 aliphatic heterocycles. The van der Waals surface area contributed by atoms with Crippen molar-refractivity contribution < 1.29 is 18.3 Å². The summed E-state index contributed by atoms with van der Waals surface area (Å²) in [5, 5.41) is 0.0744. The van der Waals surface area contributed by atoms with Crippen LogP contribution in [0.15, 0.2) is 10.9 Å². The van der Waals surface area contributed by atoms with E-state index in [4.69, 9.17) is 0 Å². The molecule has 0 amide bonds. The average Bonchev–Trinajstić information content (AvgIpc) is 2.28. The lowest BCUT2D eigenvalue weighted by Gasteiger charge is -2.08. The molecule has 7 heteroatoms. The lowest BCUT2D eigenvalue weighted by Crippen LogP contribution is -2.22. The first-order chi connectivity index (χ1) is 8.01. The zero-order valence-electron chi connectivity index (χ0n) is 8.93. The molecule has 4 nitrogen and oxygen atoms in total. The monoisotopic (exact) mass is 309 g/mol. The van der Waals surface area contributed by atoms with Crippen LogP contribution in [0.2, 0.25) is 0 Å². The van der Waals surface area contributed by atoms with Crippen LogP contribution in [0.5, 0.6) is 0 Å². The SMILES string of the molecule is CCOC(=O)c1cc(C(F)F)c(CBr)[nH]c1=O. The maximum absolute atomic E-state index is 12.7. The summed E-state index contributed by atoms with van der Waals surface area (Å²) in [5.41, 5.74) is -1.48. The van der Waals surface area contributed by atoms with Crippen molar-refractivity contribution in [2.75, 3.05) is 6.61 Å². The summed E-state index contributed by atoms with van der Waals surface area (Å²) in [6.45, 7) is 1.63. The Morgan fingerprint density at radius 3 is 2.71 bits per heavy atom. The molecule has 0 saturated carbocycles. The Kier molecular flexibility index (Phi) is 4.80. The second-order valence-corrected chi connectivity index (χ2v) is 3.66. The fourth-order valence-corrected chi connectivity index (χ4v) is 1.71. The van der Waals surface area contributed by atoms with E-state index in [1.165, 1.54) is 0 Å². The second-order valence-electron chi connectivity index (χ2n) is 3.10. The quantitative estimate of drug-likeness (QED) is 0.686. The second kappa shape index (κ2) is 5.90. The topological polar surface area (TPSA) is 59.2 Å². The van der Waals surface area contributed by atoms with Gasteiger partial charge in [-0.05, 0) is 13.0 Å². The van der Waals surface area contributed by atoms with E-state index in [-0.39, 0.29) is 23.2 Å². The van der Waals surface area contributed by atoms with E-state index >= 15 is 0 Å². The van der Waals surface area contributed by atoms with Gasteiger partial charge in [0.1, 0.15) is 5.56 Å². The maximum Gasteiger partial charge on any atom is 0.343 e. The number of aromatic amines is 1. The molecule has 0 unspecified atom stereocenters. The maximum atomic E-state index is 12.7. The highest BCUT2D eigenvalue weighted by Crippen LogP contribution is 2.23. The molecule has 0 aliphatic carbocycles. The van der Waals surface area contributed by atoms with Crippen LogP contribution in [0, 0.1) is 0 Å². The Morgan fingerprint density at radius 1 is 1.59 bits per heavy atom. The molecule has 1 rings (SSSR count). The van der Waals surface area contributed by atoms with Gasteiger partial charge in [0.2, 0.25) is 0 Å². The molecule has 1 aromatic rings. The van der Waals surface area contributed by atoms with Gasteiger partial charge >= 0.3 is 5.97 Å². The van der Waals surface area contributed by atoms with Crippen LogP contribution in [0.3, 0.4) is 0 Å². The predicted octanol–water partition coefficient (Wildman–Crippen LogP) is 2.38. The van der Waals surface area contributed by atoms with Gasteiger partial charge < -0.3 is 9.72 Å². The van der Waals surface area contributed by atoms with E-state index in [2.05, 4.69) is 25.7 Å². The molecule has 1 N–H and O–H groups in total. The Balaban J connectivity index is 3.29. The molecule has 0 radical (unpaired) electrons. The highest BCUT2D eigenvalue weighted by atomic mass is 79.9. The number of carbonyl (C=O) groups is 1. The molecule has 94 valence electrons. The van der Waals surface area contributed by atoms with Crippen molar-refractivity contribution in [2.24, 2.45) is 0 Å². The average molecular weight is 310 g/mol. The van der Waals surface area contributed by atoms with Crippen LogP contribution in [0.4, 0.5) is 8.78 Å². The van der Waals surface area contributed by atoms with Crippen molar-refractivity contribution in [1.82, 2.24) is 4.98 Å². The fraction of sp³-hybridized carbons (Fsp3) is 0.400. The molecule has 1 aromatic heterocycles. The normalized spacial score (nSPS) is 10.6. The summed E-state index contributed by atoms with van der Waals surface area (Å²) in [4.78, 5) is 25.0. The van der Waals surface area contributed by atoms with Crippen LogP contribution < -0.4 is 5.56 Å². The molecular formula is C10H10BrF2NO3. The molecule has 0 aliphatic rings. The molecule has 1 heterocycles. The fourth-order valence-electron chi connectivity index (χ4n) is 1.25. The van der Waals surface area contributed by atoms with Crippen LogP contribution in [-0.2, 0) is 10.1 Å². The number of alkyl halides is 3. The standard InChI is InChI=1S/C10H10BrF2NO3/c1-2-17-10(16)6-3-5(8(12)13)7(4-11)14-9(6)15/h3,8H,2,4H2,1H3,(H,14,15). The van der Waals surface area contributed by atoms with Gasteiger partial charge in [0, 0.05) is 16.6 Å². The van der Waals surface area contributed by atoms with Gasteiger partial charge in [-0.2, -0.15) is 0 Å².